The summed E-state index contributed by atoms with van der Waals surface area (Å²) < 4.78 is 26.9. The van der Waals surface area contributed by atoms with Crippen molar-refractivity contribution in [2.24, 2.45) is 0 Å². The normalized spacial score (nSPS) is 16.3. The van der Waals surface area contributed by atoms with Crippen LogP contribution in [0.1, 0.15) is 37.3 Å². The summed E-state index contributed by atoms with van der Waals surface area (Å²) in [5.74, 6) is 0. The standard InChI is InChI=1S/C14H20ClNO2S/c1-2-4-13(15)10-16-19(17,18)14-8-7-11-5-3-6-12(11)9-14/h7-9,13,16H,2-6,10H2,1H3. The summed E-state index contributed by atoms with van der Waals surface area (Å²) in [6.07, 6.45) is 4.92. The van der Waals surface area contributed by atoms with Gasteiger partial charge in [-0.05, 0) is 48.9 Å². The Bertz CT molecular complexity index is 542. The molecule has 1 N–H and O–H groups in total. The zero-order valence-corrected chi connectivity index (χ0v) is 12.7. The number of rotatable bonds is 6. The lowest BCUT2D eigenvalue weighted by Crippen LogP contribution is -2.29. The topological polar surface area (TPSA) is 46.2 Å². The van der Waals surface area contributed by atoms with Gasteiger partial charge in [0.05, 0.1) is 4.90 Å². The predicted octanol–water partition coefficient (Wildman–Crippen LogP) is 2.86. The van der Waals surface area contributed by atoms with E-state index in [9.17, 15) is 8.42 Å². The first kappa shape index (κ1) is 14.8. The molecule has 0 radical (unpaired) electrons. The molecule has 1 aromatic carbocycles. The van der Waals surface area contributed by atoms with Crippen LogP contribution in [0.25, 0.3) is 0 Å². The van der Waals surface area contributed by atoms with Gasteiger partial charge in [-0.15, -0.1) is 11.6 Å². The van der Waals surface area contributed by atoms with Crippen molar-refractivity contribution in [3.8, 4) is 0 Å². The Kier molecular flexibility index (Phi) is 4.87. The fourth-order valence-corrected chi connectivity index (χ4v) is 3.93. The Morgan fingerprint density at radius 1 is 1.32 bits per heavy atom. The van der Waals surface area contributed by atoms with Gasteiger partial charge in [0, 0.05) is 11.9 Å². The molecule has 1 unspecified atom stereocenters. The zero-order valence-electron chi connectivity index (χ0n) is 11.2. The van der Waals surface area contributed by atoms with Crippen LogP contribution in [0.5, 0.6) is 0 Å². The summed E-state index contributed by atoms with van der Waals surface area (Å²) in [5.41, 5.74) is 2.44. The van der Waals surface area contributed by atoms with Crippen LogP contribution in [0.15, 0.2) is 23.1 Å². The Morgan fingerprint density at radius 2 is 2.05 bits per heavy atom. The van der Waals surface area contributed by atoms with E-state index in [1.54, 1.807) is 12.1 Å². The molecule has 106 valence electrons. The van der Waals surface area contributed by atoms with E-state index in [0.29, 0.717) is 4.90 Å². The van der Waals surface area contributed by atoms with Crippen LogP contribution >= 0.6 is 11.6 Å². The van der Waals surface area contributed by atoms with E-state index in [2.05, 4.69) is 4.72 Å². The average Bonchev–Trinajstić information content (AvgIpc) is 2.84. The Hall–Kier alpha value is -0.580. The van der Waals surface area contributed by atoms with Crippen molar-refractivity contribution < 1.29 is 8.42 Å². The highest BCUT2D eigenvalue weighted by Crippen LogP contribution is 2.24. The molecule has 1 aliphatic rings. The van der Waals surface area contributed by atoms with Crippen molar-refractivity contribution in [3.63, 3.8) is 0 Å². The van der Waals surface area contributed by atoms with Crippen molar-refractivity contribution in [1.82, 2.24) is 4.72 Å². The first-order chi connectivity index (χ1) is 9.03. The Balaban J connectivity index is 2.07. The number of aryl methyl sites for hydroxylation is 2. The SMILES string of the molecule is CCCC(Cl)CNS(=O)(=O)c1ccc2c(c1)CCC2. The van der Waals surface area contributed by atoms with Gasteiger partial charge in [0.15, 0.2) is 0 Å². The molecule has 0 fully saturated rings. The molecule has 0 heterocycles. The molecule has 1 atom stereocenters. The Morgan fingerprint density at radius 3 is 2.79 bits per heavy atom. The fraction of sp³-hybridized carbons (Fsp3) is 0.571. The van der Waals surface area contributed by atoms with E-state index >= 15 is 0 Å². The third-order valence-electron chi connectivity index (χ3n) is 3.48. The molecular weight excluding hydrogens is 282 g/mol. The number of nitrogens with one attached hydrogen (secondary N) is 1. The van der Waals surface area contributed by atoms with Crippen molar-refractivity contribution >= 4 is 21.6 Å². The molecule has 1 aliphatic carbocycles. The summed E-state index contributed by atoms with van der Waals surface area (Å²) in [4.78, 5) is 0.355. The van der Waals surface area contributed by atoms with E-state index in [-0.39, 0.29) is 11.9 Å². The van der Waals surface area contributed by atoms with Crippen molar-refractivity contribution in [3.05, 3.63) is 29.3 Å². The molecule has 0 aliphatic heterocycles. The number of alkyl halides is 1. The second-order valence-corrected chi connectivity index (χ2v) is 7.41. The van der Waals surface area contributed by atoms with Crippen LogP contribution in [-0.4, -0.2) is 20.3 Å². The van der Waals surface area contributed by atoms with Gasteiger partial charge < -0.3 is 0 Å². The van der Waals surface area contributed by atoms with Crippen molar-refractivity contribution in [2.75, 3.05) is 6.54 Å². The number of fused-ring (bicyclic) bond motifs is 1. The van der Waals surface area contributed by atoms with E-state index in [4.69, 9.17) is 11.6 Å². The highest BCUT2D eigenvalue weighted by atomic mass is 35.5. The molecule has 2 rings (SSSR count). The molecule has 0 saturated carbocycles. The summed E-state index contributed by atoms with van der Waals surface area (Å²) in [5, 5.41) is -0.144. The summed E-state index contributed by atoms with van der Waals surface area (Å²) in [6, 6.07) is 5.42. The van der Waals surface area contributed by atoms with Crippen molar-refractivity contribution in [2.45, 2.75) is 49.3 Å². The predicted molar refractivity (Wildman–Crippen MR) is 78.2 cm³/mol. The lowest BCUT2D eigenvalue weighted by atomic mass is 10.1. The van der Waals surface area contributed by atoms with E-state index in [1.165, 1.54) is 11.1 Å². The number of halogens is 1. The minimum atomic E-state index is -3.43. The quantitative estimate of drug-likeness (QED) is 0.821. The molecule has 1 aromatic rings. The average molecular weight is 302 g/mol. The summed E-state index contributed by atoms with van der Waals surface area (Å²) >= 11 is 6.04. The maximum absolute atomic E-state index is 12.2. The van der Waals surface area contributed by atoms with Gasteiger partial charge in [-0.3, -0.25) is 0 Å². The third kappa shape index (κ3) is 3.71. The maximum atomic E-state index is 12.2. The lowest BCUT2D eigenvalue weighted by molar-refractivity contribution is 0.576. The first-order valence-electron chi connectivity index (χ1n) is 6.78. The van der Waals surface area contributed by atoms with Crippen LogP contribution in [0.3, 0.4) is 0 Å². The first-order valence-corrected chi connectivity index (χ1v) is 8.70. The lowest BCUT2D eigenvalue weighted by Gasteiger charge is -2.11. The third-order valence-corrected chi connectivity index (χ3v) is 5.27. The van der Waals surface area contributed by atoms with Gasteiger partial charge >= 0.3 is 0 Å². The molecule has 3 nitrogen and oxygen atoms in total. The second-order valence-electron chi connectivity index (χ2n) is 5.02. The molecular formula is C14H20ClNO2S. The zero-order chi connectivity index (χ0) is 13.9. The highest BCUT2D eigenvalue weighted by Gasteiger charge is 2.19. The van der Waals surface area contributed by atoms with Crippen molar-refractivity contribution in [1.29, 1.82) is 0 Å². The van der Waals surface area contributed by atoms with Crippen LogP contribution in [-0.2, 0) is 22.9 Å². The van der Waals surface area contributed by atoms with Gasteiger partial charge in [0.1, 0.15) is 0 Å². The van der Waals surface area contributed by atoms with Crippen LogP contribution < -0.4 is 4.72 Å². The van der Waals surface area contributed by atoms with Gasteiger partial charge in [0.25, 0.3) is 0 Å². The maximum Gasteiger partial charge on any atom is 0.240 e. The van der Waals surface area contributed by atoms with Crippen LogP contribution in [0.2, 0.25) is 0 Å². The molecule has 0 aromatic heterocycles. The fourth-order valence-electron chi connectivity index (χ4n) is 2.41. The van der Waals surface area contributed by atoms with Gasteiger partial charge in [0.2, 0.25) is 10.0 Å². The minimum absolute atomic E-state index is 0.144. The highest BCUT2D eigenvalue weighted by molar-refractivity contribution is 7.89. The molecule has 19 heavy (non-hydrogen) atoms. The Labute approximate surface area is 120 Å². The minimum Gasteiger partial charge on any atom is -0.210 e. The molecule has 0 spiro atoms. The van der Waals surface area contributed by atoms with Gasteiger partial charge in [-0.25, -0.2) is 13.1 Å². The van der Waals surface area contributed by atoms with E-state index in [0.717, 1.165) is 32.1 Å². The summed E-state index contributed by atoms with van der Waals surface area (Å²) in [7, 11) is -3.43. The summed E-state index contributed by atoms with van der Waals surface area (Å²) in [6.45, 7) is 2.32. The molecule has 0 saturated heterocycles. The van der Waals surface area contributed by atoms with Gasteiger partial charge in [-0.1, -0.05) is 19.4 Å². The number of benzene rings is 1. The molecule has 5 heteroatoms. The number of sulfonamides is 1. The number of hydrogen-bond donors (Lipinski definition) is 1. The molecule has 0 bridgehead atoms. The molecule has 0 amide bonds. The van der Waals surface area contributed by atoms with E-state index < -0.39 is 10.0 Å². The second kappa shape index (κ2) is 6.25. The van der Waals surface area contributed by atoms with Crippen LogP contribution in [0.4, 0.5) is 0 Å². The van der Waals surface area contributed by atoms with Crippen LogP contribution in [0, 0.1) is 0 Å². The monoisotopic (exact) mass is 301 g/mol. The largest absolute Gasteiger partial charge is 0.240 e. The smallest absolute Gasteiger partial charge is 0.210 e. The number of hydrogen-bond acceptors (Lipinski definition) is 2. The van der Waals surface area contributed by atoms with E-state index in [1.807, 2.05) is 13.0 Å². The van der Waals surface area contributed by atoms with Gasteiger partial charge in [-0.2, -0.15) is 0 Å².